The van der Waals surface area contributed by atoms with Crippen LogP contribution in [-0.4, -0.2) is 0 Å². The summed E-state index contributed by atoms with van der Waals surface area (Å²) in [5.74, 6) is 0. The summed E-state index contributed by atoms with van der Waals surface area (Å²) in [5.41, 5.74) is 2.41. The van der Waals surface area contributed by atoms with Crippen molar-refractivity contribution in [3.8, 4) is 0 Å². The average molecular weight is 144 g/mol. The molecule has 0 aliphatic rings. The van der Waals surface area contributed by atoms with Crippen LogP contribution >= 0.6 is 0 Å². The van der Waals surface area contributed by atoms with Crippen LogP contribution in [0.5, 0.6) is 0 Å². The molecule has 0 heterocycles. The molecule has 0 fully saturated rings. The number of rotatable bonds is 2. The molecule has 0 N–H and O–H groups in total. The highest BCUT2D eigenvalue weighted by atomic mass is 14.0. The summed E-state index contributed by atoms with van der Waals surface area (Å²) in [5, 5.41) is 0. The molecular formula is C11H12. The maximum absolute atomic E-state index is 3.74. The van der Waals surface area contributed by atoms with Crippen LogP contribution in [0.2, 0.25) is 0 Å². The Hall–Kier alpha value is -1.30. The highest BCUT2D eigenvalue weighted by Gasteiger charge is 1.91. The van der Waals surface area contributed by atoms with E-state index >= 15 is 0 Å². The second kappa shape index (κ2) is 3.77. The van der Waals surface area contributed by atoms with Gasteiger partial charge in [-0.1, -0.05) is 49.1 Å². The molecule has 0 nitrogen and oxygen atoms in total. The number of allylic oxidation sites excluding steroid dienone is 3. The van der Waals surface area contributed by atoms with Gasteiger partial charge in [-0.05, 0) is 18.1 Å². The second-order valence-corrected chi connectivity index (χ2v) is 2.31. The lowest BCUT2D eigenvalue weighted by Gasteiger charge is -1.98. The maximum Gasteiger partial charge on any atom is -0.0188 e. The van der Waals surface area contributed by atoms with Gasteiger partial charge in [0.2, 0.25) is 0 Å². The van der Waals surface area contributed by atoms with Crippen LogP contribution in [0.3, 0.4) is 0 Å². The normalized spacial score (nSPS) is 11.2. The molecule has 0 radical (unpaired) electrons. The third-order valence-electron chi connectivity index (χ3n) is 1.64. The zero-order valence-corrected chi connectivity index (χ0v) is 6.75. The topological polar surface area (TPSA) is 0 Å². The molecule has 0 atom stereocenters. The lowest BCUT2D eigenvalue weighted by molar-refractivity contribution is 1.60. The van der Waals surface area contributed by atoms with Crippen molar-refractivity contribution in [2.24, 2.45) is 0 Å². The van der Waals surface area contributed by atoms with Crippen LogP contribution in [0.25, 0.3) is 5.57 Å². The lowest BCUT2D eigenvalue weighted by Crippen LogP contribution is -1.76. The molecular weight excluding hydrogens is 132 g/mol. The highest BCUT2D eigenvalue weighted by molar-refractivity contribution is 5.72. The van der Waals surface area contributed by atoms with Crippen molar-refractivity contribution in [3.63, 3.8) is 0 Å². The van der Waals surface area contributed by atoms with Gasteiger partial charge in [-0.3, -0.25) is 0 Å². The first-order valence-corrected chi connectivity index (χ1v) is 3.72. The van der Waals surface area contributed by atoms with Crippen molar-refractivity contribution in [2.75, 3.05) is 0 Å². The number of benzene rings is 1. The minimum absolute atomic E-state index is 1.19. The summed E-state index contributed by atoms with van der Waals surface area (Å²) < 4.78 is 0. The van der Waals surface area contributed by atoms with Gasteiger partial charge in [0, 0.05) is 0 Å². The first kappa shape index (κ1) is 7.80. The second-order valence-electron chi connectivity index (χ2n) is 2.31. The average Bonchev–Trinajstić information content (AvgIpc) is 2.09. The van der Waals surface area contributed by atoms with Crippen LogP contribution in [-0.2, 0) is 0 Å². The Labute approximate surface area is 67.9 Å². The minimum Gasteiger partial charge on any atom is -0.0985 e. The maximum atomic E-state index is 3.74. The molecule has 0 amide bonds. The molecule has 0 bridgehead atoms. The van der Waals surface area contributed by atoms with Gasteiger partial charge < -0.3 is 0 Å². The third kappa shape index (κ3) is 1.81. The molecule has 0 heteroatoms. The lowest BCUT2D eigenvalue weighted by atomic mass is 10.1. The quantitative estimate of drug-likeness (QED) is 0.559. The van der Waals surface area contributed by atoms with Gasteiger partial charge in [-0.25, -0.2) is 0 Å². The van der Waals surface area contributed by atoms with E-state index in [2.05, 4.69) is 24.8 Å². The molecule has 11 heavy (non-hydrogen) atoms. The van der Waals surface area contributed by atoms with Gasteiger partial charge in [0.15, 0.2) is 0 Å². The smallest absolute Gasteiger partial charge is 0.0188 e. The van der Waals surface area contributed by atoms with Crippen molar-refractivity contribution >= 4 is 5.57 Å². The molecule has 0 unspecified atom stereocenters. The molecule has 1 aromatic carbocycles. The SMILES string of the molecule is C=C/C(=C\C)c1ccccc1. The first-order valence-electron chi connectivity index (χ1n) is 3.72. The Bertz CT molecular complexity index is 255. The molecule has 0 aromatic heterocycles. The molecule has 1 rings (SSSR count). The monoisotopic (exact) mass is 144 g/mol. The summed E-state index contributed by atoms with van der Waals surface area (Å²) >= 11 is 0. The van der Waals surface area contributed by atoms with E-state index < -0.39 is 0 Å². The van der Waals surface area contributed by atoms with Gasteiger partial charge in [0.05, 0.1) is 0 Å². The van der Waals surface area contributed by atoms with Gasteiger partial charge in [-0.2, -0.15) is 0 Å². The Morgan fingerprint density at radius 3 is 2.36 bits per heavy atom. The van der Waals surface area contributed by atoms with Crippen LogP contribution in [0, 0.1) is 0 Å². The molecule has 0 saturated carbocycles. The molecule has 0 spiro atoms. The third-order valence-corrected chi connectivity index (χ3v) is 1.64. The summed E-state index contributed by atoms with van der Waals surface area (Å²) in [6.07, 6.45) is 3.93. The predicted octanol–water partition coefficient (Wildman–Crippen LogP) is 3.28. The van der Waals surface area contributed by atoms with E-state index in [0.717, 1.165) is 0 Å². The fraction of sp³-hybridized carbons (Fsp3) is 0.0909. The Balaban J connectivity index is 3.01. The van der Waals surface area contributed by atoms with Crippen LogP contribution in [0.15, 0.2) is 49.1 Å². The van der Waals surface area contributed by atoms with Crippen LogP contribution in [0.1, 0.15) is 12.5 Å². The molecule has 0 aliphatic carbocycles. The van der Waals surface area contributed by atoms with E-state index in [9.17, 15) is 0 Å². The van der Waals surface area contributed by atoms with Crippen LogP contribution in [0.4, 0.5) is 0 Å². The zero-order chi connectivity index (χ0) is 8.10. The van der Waals surface area contributed by atoms with Crippen molar-refractivity contribution < 1.29 is 0 Å². The summed E-state index contributed by atoms with van der Waals surface area (Å²) in [4.78, 5) is 0. The Morgan fingerprint density at radius 2 is 1.91 bits per heavy atom. The van der Waals surface area contributed by atoms with E-state index in [4.69, 9.17) is 0 Å². The number of hydrogen-bond acceptors (Lipinski definition) is 0. The first-order chi connectivity index (χ1) is 5.38. The van der Waals surface area contributed by atoms with Crippen molar-refractivity contribution in [2.45, 2.75) is 6.92 Å². The van der Waals surface area contributed by atoms with E-state index in [1.165, 1.54) is 11.1 Å². The zero-order valence-electron chi connectivity index (χ0n) is 6.75. The Morgan fingerprint density at radius 1 is 1.27 bits per heavy atom. The molecule has 1 aromatic rings. The Kier molecular flexibility index (Phi) is 2.67. The van der Waals surface area contributed by atoms with E-state index in [0.29, 0.717) is 0 Å². The summed E-state index contributed by atoms with van der Waals surface area (Å²) in [6, 6.07) is 10.2. The molecule has 56 valence electrons. The largest absolute Gasteiger partial charge is 0.0985 e. The van der Waals surface area contributed by atoms with Crippen molar-refractivity contribution in [3.05, 3.63) is 54.6 Å². The molecule has 0 aliphatic heterocycles. The summed E-state index contributed by atoms with van der Waals surface area (Å²) in [7, 11) is 0. The van der Waals surface area contributed by atoms with Gasteiger partial charge in [0.1, 0.15) is 0 Å². The van der Waals surface area contributed by atoms with Gasteiger partial charge >= 0.3 is 0 Å². The molecule has 0 saturated heterocycles. The fourth-order valence-electron chi connectivity index (χ4n) is 1.03. The highest BCUT2D eigenvalue weighted by Crippen LogP contribution is 2.13. The van der Waals surface area contributed by atoms with Crippen LogP contribution < -0.4 is 0 Å². The standard InChI is InChI=1S/C11H12/c1-3-10(4-2)11-8-6-5-7-9-11/h3-9H,1H2,2H3/b10-4+. The predicted molar refractivity (Wildman–Crippen MR) is 50.3 cm³/mol. The van der Waals surface area contributed by atoms with E-state index in [1.54, 1.807) is 0 Å². The van der Waals surface area contributed by atoms with Crippen molar-refractivity contribution in [1.29, 1.82) is 0 Å². The van der Waals surface area contributed by atoms with Gasteiger partial charge in [-0.15, -0.1) is 0 Å². The summed E-state index contributed by atoms with van der Waals surface area (Å²) in [6.45, 7) is 5.76. The number of hydrogen-bond donors (Lipinski definition) is 0. The van der Waals surface area contributed by atoms with E-state index in [-0.39, 0.29) is 0 Å². The van der Waals surface area contributed by atoms with E-state index in [1.807, 2.05) is 31.2 Å². The van der Waals surface area contributed by atoms with Gasteiger partial charge in [0.25, 0.3) is 0 Å². The van der Waals surface area contributed by atoms with Crippen molar-refractivity contribution in [1.82, 2.24) is 0 Å². The fourth-order valence-corrected chi connectivity index (χ4v) is 1.03. The minimum atomic E-state index is 1.19.